The molecule has 0 amide bonds. The van der Waals surface area contributed by atoms with E-state index in [1.54, 1.807) is 20.3 Å². The summed E-state index contributed by atoms with van der Waals surface area (Å²) in [4.78, 5) is 0. The van der Waals surface area contributed by atoms with E-state index in [0.717, 1.165) is 32.7 Å². The second kappa shape index (κ2) is 7.39. The molecule has 162 valence electrons. The summed E-state index contributed by atoms with van der Waals surface area (Å²) in [5, 5.41) is 5.56. The number of hydrogen-bond donors (Lipinski definition) is 0. The molecule has 5 aromatic carbocycles. The van der Waals surface area contributed by atoms with Crippen LogP contribution in [-0.4, -0.2) is 14.2 Å². The van der Waals surface area contributed by atoms with Gasteiger partial charge in [0.05, 0.1) is 19.2 Å². The minimum Gasteiger partial charge on any atom is -0.497 e. The van der Waals surface area contributed by atoms with Crippen molar-refractivity contribution < 1.29 is 18.3 Å². The molecule has 0 aliphatic carbocycles. The van der Waals surface area contributed by atoms with Crippen molar-refractivity contribution in [1.29, 1.82) is 0 Å². The molecule has 6 aromatic rings. The van der Waals surface area contributed by atoms with Gasteiger partial charge in [-0.05, 0) is 52.6 Å². The summed E-state index contributed by atoms with van der Waals surface area (Å²) in [5.74, 6) is 0.735. The maximum absolute atomic E-state index is 16.0. The van der Waals surface area contributed by atoms with Crippen molar-refractivity contribution in [1.82, 2.24) is 0 Å². The van der Waals surface area contributed by atoms with Crippen LogP contribution in [0.15, 0.2) is 77.2 Å². The van der Waals surface area contributed by atoms with E-state index in [-0.39, 0.29) is 11.1 Å². The van der Waals surface area contributed by atoms with Gasteiger partial charge >= 0.3 is 0 Å². The Morgan fingerprint density at radius 2 is 1.55 bits per heavy atom. The molecule has 0 saturated heterocycles. The summed E-state index contributed by atoms with van der Waals surface area (Å²) >= 11 is 6.69. The van der Waals surface area contributed by atoms with Gasteiger partial charge in [0.25, 0.3) is 0 Å². The van der Waals surface area contributed by atoms with Crippen LogP contribution in [0.2, 0.25) is 5.02 Å². The standard InChI is InChI=1S/C28H18ClFO3/c1-31-18-9-7-16-12-22(24(32-2)13-17(16)11-18)25-23(29)14-21-20-10-8-15-5-3-4-6-19(15)27(20)33-28(21)26(25)30/h3-14H,1-2H3. The highest BCUT2D eigenvalue weighted by molar-refractivity contribution is 6.35. The molecule has 0 aliphatic heterocycles. The van der Waals surface area contributed by atoms with Crippen molar-refractivity contribution in [2.75, 3.05) is 14.2 Å². The molecule has 33 heavy (non-hydrogen) atoms. The quantitative estimate of drug-likeness (QED) is 0.268. The van der Waals surface area contributed by atoms with Gasteiger partial charge in [-0.25, -0.2) is 4.39 Å². The van der Waals surface area contributed by atoms with Crippen LogP contribution in [-0.2, 0) is 0 Å². The summed E-state index contributed by atoms with van der Waals surface area (Å²) in [7, 11) is 3.18. The molecule has 0 N–H and O–H groups in total. The summed E-state index contributed by atoms with van der Waals surface area (Å²) in [6.45, 7) is 0. The first-order chi connectivity index (χ1) is 16.1. The fraction of sp³-hybridized carbons (Fsp3) is 0.0714. The Morgan fingerprint density at radius 1 is 0.727 bits per heavy atom. The lowest BCUT2D eigenvalue weighted by molar-refractivity contribution is 0.414. The normalized spacial score (nSPS) is 11.6. The van der Waals surface area contributed by atoms with Gasteiger partial charge in [0.2, 0.25) is 0 Å². The lowest BCUT2D eigenvalue weighted by Crippen LogP contribution is -1.93. The minimum atomic E-state index is -0.510. The summed E-state index contributed by atoms with van der Waals surface area (Å²) in [6, 6.07) is 23.1. The Bertz CT molecular complexity index is 1720. The highest BCUT2D eigenvalue weighted by atomic mass is 35.5. The van der Waals surface area contributed by atoms with E-state index in [2.05, 4.69) is 0 Å². The lowest BCUT2D eigenvalue weighted by Gasteiger charge is -2.14. The van der Waals surface area contributed by atoms with Crippen LogP contribution in [0.3, 0.4) is 0 Å². The first kappa shape index (κ1) is 19.9. The summed E-state index contributed by atoms with van der Waals surface area (Å²) in [6.07, 6.45) is 0. The van der Waals surface area contributed by atoms with Crippen molar-refractivity contribution in [2.24, 2.45) is 0 Å². The summed E-state index contributed by atoms with van der Waals surface area (Å²) < 4.78 is 33.1. The van der Waals surface area contributed by atoms with E-state index >= 15 is 4.39 Å². The highest BCUT2D eigenvalue weighted by Gasteiger charge is 2.23. The Morgan fingerprint density at radius 3 is 2.36 bits per heavy atom. The molecule has 0 spiro atoms. The Kier molecular flexibility index (Phi) is 4.46. The van der Waals surface area contributed by atoms with Crippen molar-refractivity contribution in [2.45, 2.75) is 0 Å². The predicted molar refractivity (Wildman–Crippen MR) is 132 cm³/mol. The Balaban J connectivity index is 1.66. The van der Waals surface area contributed by atoms with Gasteiger partial charge in [0, 0.05) is 27.3 Å². The molecule has 5 heteroatoms. The zero-order valence-electron chi connectivity index (χ0n) is 17.9. The molecule has 0 bridgehead atoms. The number of halogens is 2. The van der Waals surface area contributed by atoms with E-state index in [9.17, 15) is 0 Å². The number of rotatable bonds is 3. The van der Waals surface area contributed by atoms with Gasteiger partial charge in [0.1, 0.15) is 17.1 Å². The van der Waals surface area contributed by atoms with Gasteiger partial charge in [-0.3, -0.25) is 0 Å². The molecule has 0 aliphatic rings. The molecule has 3 nitrogen and oxygen atoms in total. The summed E-state index contributed by atoms with van der Waals surface area (Å²) in [5.41, 5.74) is 1.64. The molecular formula is C28H18ClFO3. The maximum Gasteiger partial charge on any atom is 0.175 e. The van der Waals surface area contributed by atoms with Gasteiger partial charge in [-0.1, -0.05) is 48.0 Å². The van der Waals surface area contributed by atoms with Crippen LogP contribution in [0.25, 0.3) is 54.6 Å². The highest BCUT2D eigenvalue weighted by Crippen LogP contribution is 2.45. The van der Waals surface area contributed by atoms with Crippen molar-refractivity contribution >= 4 is 55.1 Å². The zero-order chi connectivity index (χ0) is 22.7. The third kappa shape index (κ3) is 2.95. The fourth-order valence-corrected chi connectivity index (χ4v) is 4.85. The first-order valence-corrected chi connectivity index (χ1v) is 10.8. The van der Waals surface area contributed by atoms with E-state index in [0.29, 0.717) is 27.3 Å². The van der Waals surface area contributed by atoms with E-state index in [1.165, 1.54) is 0 Å². The molecular weight excluding hydrogens is 439 g/mol. The second-order valence-corrected chi connectivity index (χ2v) is 8.36. The van der Waals surface area contributed by atoms with Crippen LogP contribution in [0.1, 0.15) is 0 Å². The number of fused-ring (bicyclic) bond motifs is 6. The number of furan rings is 1. The third-order valence-electron chi connectivity index (χ3n) is 6.18. The topological polar surface area (TPSA) is 31.6 Å². The SMILES string of the molecule is COc1ccc2cc(-c3c(Cl)cc4c(oc5c6ccccc6ccc45)c3F)c(OC)cc2c1. The number of benzene rings is 5. The number of methoxy groups -OCH3 is 2. The van der Waals surface area contributed by atoms with Crippen LogP contribution in [0.5, 0.6) is 11.5 Å². The van der Waals surface area contributed by atoms with Gasteiger partial charge < -0.3 is 13.9 Å². The average Bonchev–Trinajstić information content (AvgIpc) is 3.22. The lowest BCUT2D eigenvalue weighted by atomic mass is 9.97. The number of hydrogen-bond acceptors (Lipinski definition) is 3. The smallest absolute Gasteiger partial charge is 0.175 e. The molecule has 0 saturated carbocycles. The van der Waals surface area contributed by atoms with E-state index in [4.69, 9.17) is 25.5 Å². The maximum atomic E-state index is 16.0. The predicted octanol–water partition coefficient (Wildman–Crippen LogP) is 8.37. The van der Waals surface area contributed by atoms with Crippen LogP contribution in [0, 0.1) is 5.82 Å². The minimum absolute atomic E-state index is 0.178. The Hall–Kier alpha value is -3.76. The fourth-order valence-electron chi connectivity index (χ4n) is 4.56. The molecule has 1 heterocycles. The van der Waals surface area contributed by atoms with E-state index < -0.39 is 5.82 Å². The molecule has 0 unspecified atom stereocenters. The molecule has 0 fully saturated rings. The average molecular weight is 457 g/mol. The van der Waals surface area contributed by atoms with Crippen LogP contribution >= 0.6 is 11.6 Å². The van der Waals surface area contributed by atoms with Crippen LogP contribution in [0.4, 0.5) is 4.39 Å². The van der Waals surface area contributed by atoms with Crippen LogP contribution < -0.4 is 9.47 Å². The Labute approximate surface area is 193 Å². The molecule has 1 aromatic heterocycles. The van der Waals surface area contributed by atoms with E-state index in [1.807, 2.05) is 66.7 Å². The van der Waals surface area contributed by atoms with Gasteiger partial charge in [0.15, 0.2) is 11.4 Å². The largest absolute Gasteiger partial charge is 0.497 e. The number of ether oxygens (including phenoxy) is 2. The second-order valence-electron chi connectivity index (χ2n) is 7.96. The van der Waals surface area contributed by atoms with Crippen molar-refractivity contribution in [3.8, 4) is 22.6 Å². The first-order valence-electron chi connectivity index (χ1n) is 10.5. The monoisotopic (exact) mass is 456 g/mol. The zero-order valence-corrected chi connectivity index (χ0v) is 18.7. The van der Waals surface area contributed by atoms with Crippen molar-refractivity contribution in [3.63, 3.8) is 0 Å². The molecule has 6 rings (SSSR count). The molecule has 0 atom stereocenters. The van der Waals surface area contributed by atoms with Gasteiger partial charge in [-0.15, -0.1) is 0 Å². The third-order valence-corrected chi connectivity index (χ3v) is 6.48. The van der Waals surface area contributed by atoms with Gasteiger partial charge in [-0.2, -0.15) is 0 Å². The van der Waals surface area contributed by atoms with Crippen molar-refractivity contribution in [3.05, 3.63) is 83.6 Å². The molecule has 0 radical (unpaired) electrons.